The fourth-order valence-corrected chi connectivity index (χ4v) is 4.77. The Morgan fingerprint density at radius 1 is 1.62 bits per heavy atom. The molecule has 1 amide bonds. The molecule has 2 rings (SSSR count). The Balaban J connectivity index is 2.21. The topological polar surface area (TPSA) is 46.3 Å². The van der Waals surface area contributed by atoms with Gasteiger partial charge in [-0.3, -0.25) is 4.79 Å². The lowest BCUT2D eigenvalue weighted by Crippen LogP contribution is -2.39. The van der Waals surface area contributed by atoms with E-state index in [1.54, 1.807) is 0 Å². The summed E-state index contributed by atoms with van der Waals surface area (Å²) < 4.78 is 1.85. The van der Waals surface area contributed by atoms with Gasteiger partial charge in [-0.2, -0.15) is 0 Å². The van der Waals surface area contributed by atoms with Crippen LogP contribution in [0, 0.1) is 0 Å². The van der Waals surface area contributed by atoms with E-state index in [1.165, 1.54) is 11.3 Å². The Bertz CT molecular complexity index is 408. The molecule has 1 saturated heterocycles. The van der Waals surface area contributed by atoms with E-state index >= 15 is 0 Å². The molecule has 2 heterocycles. The van der Waals surface area contributed by atoms with E-state index in [1.807, 2.05) is 11.0 Å². The van der Waals surface area contributed by atoms with Crippen LogP contribution in [-0.4, -0.2) is 29.9 Å². The lowest BCUT2D eigenvalue weighted by atomic mass is 10.2. The summed E-state index contributed by atoms with van der Waals surface area (Å²) in [6.45, 7) is 1.37. The molecule has 1 aromatic rings. The first-order chi connectivity index (χ1) is 7.63. The Labute approximate surface area is 115 Å². The molecule has 16 heavy (non-hydrogen) atoms. The van der Waals surface area contributed by atoms with Crippen molar-refractivity contribution < 1.29 is 4.79 Å². The predicted octanol–water partition coefficient (Wildman–Crippen LogP) is 2.84. The zero-order valence-electron chi connectivity index (χ0n) is 8.58. The minimum atomic E-state index is 0.0850. The van der Waals surface area contributed by atoms with E-state index in [0.29, 0.717) is 6.54 Å². The molecule has 1 aromatic heterocycles. The van der Waals surface area contributed by atoms with Crippen molar-refractivity contribution >= 4 is 49.1 Å². The van der Waals surface area contributed by atoms with Crippen molar-refractivity contribution in [2.45, 2.75) is 18.9 Å². The maximum absolute atomic E-state index is 12.3. The Hall–Kier alpha value is 0.0900. The molecule has 1 aliphatic rings. The molecule has 1 unspecified atom stereocenters. The SMILES string of the molecule is NCC1CCCN1C(=O)c1cc(Br)sc1Br. The van der Waals surface area contributed by atoms with Crippen molar-refractivity contribution in [1.29, 1.82) is 0 Å². The summed E-state index contributed by atoms with van der Waals surface area (Å²) in [6, 6.07) is 2.07. The molecule has 1 fully saturated rings. The molecule has 0 aliphatic carbocycles. The monoisotopic (exact) mass is 366 g/mol. The largest absolute Gasteiger partial charge is 0.334 e. The van der Waals surface area contributed by atoms with E-state index in [2.05, 4.69) is 31.9 Å². The zero-order valence-corrected chi connectivity index (χ0v) is 12.6. The third-order valence-electron chi connectivity index (χ3n) is 2.80. The number of amides is 1. The van der Waals surface area contributed by atoms with Crippen molar-refractivity contribution in [3.63, 3.8) is 0 Å². The number of carbonyl (C=O) groups is 1. The van der Waals surface area contributed by atoms with Crippen LogP contribution in [0.4, 0.5) is 0 Å². The van der Waals surface area contributed by atoms with Gasteiger partial charge >= 0.3 is 0 Å². The van der Waals surface area contributed by atoms with Crippen LogP contribution >= 0.6 is 43.2 Å². The quantitative estimate of drug-likeness (QED) is 0.873. The molecule has 1 aliphatic heterocycles. The Kier molecular flexibility index (Phi) is 4.05. The molecule has 0 spiro atoms. The first-order valence-electron chi connectivity index (χ1n) is 5.09. The third-order valence-corrected chi connectivity index (χ3v) is 5.14. The highest BCUT2D eigenvalue weighted by Crippen LogP contribution is 2.33. The molecule has 0 saturated carbocycles. The molecule has 2 N–H and O–H groups in total. The minimum absolute atomic E-state index is 0.0850. The zero-order chi connectivity index (χ0) is 11.7. The van der Waals surface area contributed by atoms with Gasteiger partial charge in [-0.1, -0.05) is 0 Å². The summed E-state index contributed by atoms with van der Waals surface area (Å²) in [6.07, 6.45) is 2.07. The number of nitrogens with two attached hydrogens (primary N) is 1. The third kappa shape index (κ3) is 2.34. The van der Waals surface area contributed by atoms with Gasteiger partial charge < -0.3 is 10.6 Å². The summed E-state index contributed by atoms with van der Waals surface area (Å²) >= 11 is 8.32. The molecule has 88 valence electrons. The van der Waals surface area contributed by atoms with Crippen molar-refractivity contribution in [1.82, 2.24) is 4.90 Å². The summed E-state index contributed by atoms with van der Waals surface area (Å²) in [5.41, 5.74) is 6.40. The van der Waals surface area contributed by atoms with Crippen molar-refractivity contribution in [3.05, 3.63) is 19.2 Å². The number of nitrogens with zero attached hydrogens (tertiary/aromatic N) is 1. The number of hydrogen-bond donors (Lipinski definition) is 1. The van der Waals surface area contributed by atoms with Crippen molar-refractivity contribution in [2.75, 3.05) is 13.1 Å². The van der Waals surface area contributed by atoms with Gasteiger partial charge in [0.05, 0.1) is 13.1 Å². The maximum atomic E-state index is 12.3. The molecule has 0 bridgehead atoms. The highest BCUT2D eigenvalue weighted by molar-refractivity contribution is 9.12. The van der Waals surface area contributed by atoms with Gasteiger partial charge in [0.2, 0.25) is 0 Å². The normalized spacial score (nSPS) is 20.4. The van der Waals surface area contributed by atoms with Gasteiger partial charge in [0.25, 0.3) is 5.91 Å². The second-order valence-electron chi connectivity index (χ2n) is 3.77. The molecular weight excluding hydrogens is 356 g/mol. The van der Waals surface area contributed by atoms with Gasteiger partial charge in [-0.05, 0) is 50.8 Å². The van der Waals surface area contributed by atoms with E-state index < -0.39 is 0 Å². The highest BCUT2D eigenvalue weighted by atomic mass is 79.9. The Morgan fingerprint density at radius 3 is 2.94 bits per heavy atom. The first kappa shape index (κ1) is 12.5. The molecule has 6 heteroatoms. The molecule has 0 aromatic carbocycles. The predicted molar refractivity (Wildman–Crippen MR) is 72.8 cm³/mol. The van der Waals surface area contributed by atoms with Crippen LogP contribution in [-0.2, 0) is 0 Å². The number of rotatable bonds is 2. The van der Waals surface area contributed by atoms with Crippen LogP contribution in [0.3, 0.4) is 0 Å². The summed E-state index contributed by atoms with van der Waals surface area (Å²) in [4.78, 5) is 14.2. The number of thiophene rings is 1. The Morgan fingerprint density at radius 2 is 2.38 bits per heavy atom. The van der Waals surface area contributed by atoms with Crippen molar-refractivity contribution in [2.24, 2.45) is 5.73 Å². The average molecular weight is 368 g/mol. The number of hydrogen-bond acceptors (Lipinski definition) is 3. The summed E-state index contributed by atoms with van der Waals surface area (Å²) in [5.74, 6) is 0.0850. The van der Waals surface area contributed by atoms with Crippen LogP contribution in [0.2, 0.25) is 0 Å². The van der Waals surface area contributed by atoms with E-state index in [9.17, 15) is 4.79 Å². The van der Waals surface area contributed by atoms with E-state index in [4.69, 9.17) is 5.73 Å². The van der Waals surface area contributed by atoms with Crippen LogP contribution < -0.4 is 5.73 Å². The maximum Gasteiger partial charge on any atom is 0.256 e. The second-order valence-corrected chi connectivity index (χ2v) is 7.52. The molecule has 0 radical (unpaired) electrons. The number of likely N-dealkylation sites (tertiary alicyclic amines) is 1. The van der Waals surface area contributed by atoms with Crippen LogP contribution in [0.5, 0.6) is 0 Å². The van der Waals surface area contributed by atoms with E-state index in [0.717, 1.165) is 32.5 Å². The van der Waals surface area contributed by atoms with Crippen LogP contribution in [0.1, 0.15) is 23.2 Å². The van der Waals surface area contributed by atoms with Gasteiger partial charge in [0.15, 0.2) is 0 Å². The summed E-state index contributed by atoms with van der Waals surface area (Å²) in [5, 5.41) is 0. The van der Waals surface area contributed by atoms with Crippen LogP contribution in [0.25, 0.3) is 0 Å². The van der Waals surface area contributed by atoms with Gasteiger partial charge in [0, 0.05) is 19.1 Å². The van der Waals surface area contributed by atoms with Crippen LogP contribution in [0.15, 0.2) is 13.6 Å². The summed E-state index contributed by atoms with van der Waals surface area (Å²) in [7, 11) is 0. The first-order valence-corrected chi connectivity index (χ1v) is 7.49. The second kappa shape index (κ2) is 5.16. The molecule has 3 nitrogen and oxygen atoms in total. The fraction of sp³-hybridized carbons (Fsp3) is 0.500. The fourth-order valence-electron chi connectivity index (χ4n) is 1.99. The average Bonchev–Trinajstić information content (AvgIpc) is 2.83. The van der Waals surface area contributed by atoms with Gasteiger partial charge in [0.1, 0.15) is 0 Å². The molecule has 1 atom stereocenters. The lowest BCUT2D eigenvalue weighted by molar-refractivity contribution is 0.0741. The highest BCUT2D eigenvalue weighted by Gasteiger charge is 2.29. The van der Waals surface area contributed by atoms with E-state index in [-0.39, 0.29) is 11.9 Å². The molecular formula is C10H12Br2N2OS. The number of carbonyl (C=O) groups excluding carboxylic acids is 1. The van der Waals surface area contributed by atoms with Crippen molar-refractivity contribution in [3.8, 4) is 0 Å². The number of halogens is 2. The lowest BCUT2D eigenvalue weighted by Gasteiger charge is -2.23. The van der Waals surface area contributed by atoms with Gasteiger partial charge in [-0.15, -0.1) is 11.3 Å². The smallest absolute Gasteiger partial charge is 0.256 e. The minimum Gasteiger partial charge on any atom is -0.334 e. The standard InChI is InChI=1S/C10H12Br2N2OS/c11-8-4-7(9(12)16-8)10(15)14-3-1-2-6(14)5-13/h4,6H,1-3,5,13H2. The van der Waals surface area contributed by atoms with Gasteiger partial charge in [-0.25, -0.2) is 0 Å².